The SMILES string of the molecule is O=C(N[C@H]1C[C@@H]2CC[C@@H]1C2)c1ccc(CN2CCCc3ccccc32)cc1. The van der Waals surface area contributed by atoms with Gasteiger partial charge in [0, 0.05) is 30.4 Å². The number of nitrogens with zero attached hydrogens (tertiary/aromatic N) is 1. The van der Waals surface area contributed by atoms with E-state index in [1.54, 1.807) is 0 Å². The van der Waals surface area contributed by atoms with Gasteiger partial charge >= 0.3 is 0 Å². The van der Waals surface area contributed by atoms with Crippen LogP contribution >= 0.6 is 0 Å². The van der Waals surface area contributed by atoms with Crippen molar-refractivity contribution in [3.63, 3.8) is 0 Å². The smallest absolute Gasteiger partial charge is 0.251 e. The largest absolute Gasteiger partial charge is 0.367 e. The van der Waals surface area contributed by atoms with Gasteiger partial charge in [0.25, 0.3) is 5.91 Å². The van der Waals surface area contributed by atoms with Crippen molar-refractivity contribution in [1.82, 2.24) is 5.32 Å². The van der Waals surface area contributed by atoms with Gasteiger partial charge in [-0.15, -0.1) is 0 Å². The quantitative estimate of drug-likeness (QED) is 0.867. The molecule has 0 unspecified atom stereocenters. The highest BCUT2D eigenvalue weighted by Crippen LogP contribution is 2.44. The molecular formula is C24H28N2O. The molecule has 27 heavy (non-hydrogen) atoms. The number of fused-ring (bicyclic) bond motifs is 3. The first-order chi connectivity index (χ1) is 13.3. The summed E-state index contributed by atoms with van der Waals surface area (Å²) >= 11 is 0. The Hall–Kier alpha value is -2.29. The maximum absolute atomic E-state index is 12.6. The van der Waals surface area contributed by atoms with Crippen LogP contribution in [0.2, 0.25) is 0 Å². The van der Waals surface area contributed by atoms with Crippen molar-refractivity contribution >= 4 is 11.6 Å². The number of carbonyl (C=O) groups is 1. The van der Waals surface area contributed by atoms with E-state index in [2.05, 4.69) is 46.6 Å². The van der Waals surface area contributed by atoms with E-state index in [0.717, 1.165) is 30.5 Å². The monoisotopic (exact) mass is 360 g/mol. The lowest BCUT2D eigenvalue weighted by Crippen LogP contribution is -2.38. The molecule has 3 aliphatic rings. The van der Waals surface area contributed by atoms with E-state index in [1.165, 1.54) is 55.3 Å². The van der Waals surface area contributed by atoms with Crippen LogP contribution in [0, 0.1) is 11.8 Å². The van der Waals surface area contributed by atoms with Gasteiger partial charge in [-0.05, 0) is 73.3 Å². The molecule has 3 nitrogen and oxygen atoms in total. The van der Waals surface area contributed by atoms with Crippen molar-refractivity contribution in [2.75, 3.05) is 11.4 Å². The summed E-state index contributed by atoms with van der Waals surface area (Å²) in [4.78, 5) is 15.1. The van der Waals surface area contributed by atoms with E-state index < -0.39 is 0 Å². The molecule has 0 radical (unpaired) electrons. The average molecular weight is 361 g/mol. The fourth-order valence-electron chi connectivity index (χ4n) is 5.43. The highest BCUT2D eigenvalue weighted by Gasteiger charge is 2.40. The Morgan fingerprint density at radius 2 is 1.89 bits per heavy atom. The second kappa shape index (κ2) is 7.03. The fraction of sp³-hybridized carbons (Fsp3) is 0.458. The molecule has 3 heteroatoms. The Kier molecular flexibility index (Phi) is 4.39. The summed E-state index contributed by atoms with van der Waals surface area (Å²) in [6.45, 7) is 2.01. The zero-order valence-corrected chi connectivity index (χ0v) is 15.9. The number of hydrogen-bond acceptors (Lipinski definition) is 2. The van der Waals surface area contributed by atoms with E-state index in [0.29, 0.717) is 6.04 Å². The van der Waals surface area contributed by atoms with Crippen LogP contribution in [-0.2, 0) is 13.0 Å². The van der Waals surface area contributed by atoms with Gasteiger partial charge in [-0.2, -0.15) is 0 Å². The number of para-hydroxylation sites is 1. The minimum atomic E-state index is 0.0995. The van der Waals surface area contributed by atoms with E-state index in [1.807, 2.05) is 12.1 Å². The lowest BCUT2D eigenvalue weighted by atomic mass is 9.95. The summed E-state index contributed by atoms with van der Waals surface area (Å²) in [5.41, 5.74) is 4.87. The molecule has 1 N–H and O–H groups in total. The standard InChI is InChI=1S/C24H28N2O/c27-24(25-22-15-18-9-12-21(22)14-18)20-10-7-17(8-11-20)16-26-13-3-5-19-4-1-2-6-23(19)26/h1-2,4,6-8,10-11,18,21-22H,3,5,9,12-16H2,(H,25,27)/t18-,21-,22+/m1/s1. The van der Waals surface area contributed by atoms with Gasteiger partial charge in [-0.25, -0.2) is 0 Å². The number of hydrogen-bond donors (Lipinski definition) is 1. The molecule has 0 aromatic heterocycles. The number of amides is 1. The normalized spacial score (nSPS) is 26.1. The van der Waals surface area contributed by atoms with Gasteiger partial charge in [0.2, 0.25) is 0 Å². The van der Waals surface area contributed by atoms with Gasteiger partial charge in [0.1, 0.15) is 0 Å². The first-order valence-electron chi connectivity index (χ1n) is 10.5. The predicted molar refractivity (Wildman–Crippen MR) is 109 cm³/mol. The number of carbonyl (C=O) groups excluding carboxylic acids is 1. The second-order valence-corrected chi connectivity index (χ2v) is 8.61. The number of benzene rings is 2. The lowest BCUT2D eigenvalue weighted by molar-refractivity contribution is 0.0923. The predicted octanol–water partition coefficient (Wildman–Crippen LogP) is 4.56. The minimum absolute atomic E-state index is 0.0995. The van der Waals surface area contributed by atoms with Gasteiger partial charge in [-0.1, -0.05) is 36.8 Å². The van der Waals surface area contributed by atoms with Gasteiger partial charge in [0.05, 0.1) is 0 Å². The molecule has 1 heterocycles. The molecule has 5 rings (SSSR count). The van der Waals surface area contributed by atoms with Crippen LogP contribution < -0.4 is 10.2 Å². The van der Waals surface area contributed by atoms with Crippen molar-refractivity contribution in [2.24, 2.45) is 11.8 Å². The third kappa shape index (κ3) is 3.36. The molecular weight excluding hydrogens is 332 g/mol. The van der Waals surface area contributed by atoms with Crippen molar-refractivity contribution in [1.29, 1.82) is 0 Å². The van der Waals surface area contributed by atoms with Crippen LogP contribution in [-0.4, -0.2) is 18.5 Å². The fourth-order valence-corrected chi connectivity index (χ4v) is 5.43. The summed E-state index contributed by atoms with van der Waals surface area (Å²) in [6, 6.07) is 17.4. The lowest BCUT2D eigenvalue weighted by Gasteiger charge is -2.31. The molecule has 1 aliphatic heterocycles. The Balaban J connectivity index is 1.24. The Labute approximate surface area is 161 Å². The Morgan fingerprint density at radius 3 is 2.67 bits per heavy atom. The van der Waals surface area contributed by atoms with Crippen LogP contribution in [0.25, 0.3) is 0 Å². The number of nitrogens with one attached hydrogen (secondary N) is 1. The third-order valence-corrected chi connectivity index (χ3v) is 6.85. The average Bonchev–Trinajstić information content (AvgIpc) is 3.32. The first-order valence-corrected chi connectivity index (χ1v) is 10.5. The van der Waals surface area contributed by atoms with Crippen LogP contribution in [0.1, 0.15) is 53.6 Å². The number of rotatable bonds is 4. The van der Waals surface area contributed by atoms with Crippen LogP contribution in [0.15, 0.2) is 48.5 Å². The van der Waals surface area contributed by atoms with Crippen molar-refractivity contribution in [3.05, 3.63) is 65.2 Å². The highest BCUT2D eigenvalue weighted by molar-refractivity contribution is 5.94. The van der Waals surface area contributed by atoms with E-state index >= 15 is 0 Å². The number of anilines is 1. The van der Waals surface area contributed by atoms with Crippen molar-refractivity contribution in [3.8, 4) is 0 Å². The first kappa shape index (κ1) is 16.9. The second-order valence-electron chi connectivity index (χ2n) is 8.61. The van der Waals surface area contributed by atoms with Crippen LogP contribution in [0.3, 0.4) is 0 Å². The number of aryl methyl sites for hydroxylation is 1. The molecule has 3 atom stereocenters. The van der Waals surface area contributed by atoms with Gasteiger partial charge < -0.3 is 10.2 Å². The zero-order chi connectivity index (χ0) is 18.2. The molecule has 140 valence electrons. The van der Waals surface area contributed by atoms with E-state index in [-0.39, 0.29) is 5.91 Å². The minimum Gasteiger partial charge on any atom is -0.367 e. The molecule has 2 fully saturated rings. The van der Waals surface area contributed by atoms with Gasteiger partial charge in [0.15, 0.2) is 0 Å². The molecule has 0 spiro atoms. The Morgan fingerprint density at radius 1 is 1.04 bits per heavy atom. The summed E-state index contributed by atoms with van der Waals surface area (Å²) in [5.74, 6) is 1.68. The van der Waals surface area contributed by atoms with E-state index in [9.17, 15) is 4.79 Å². The topological polar surface area (TPSA) is 32.3 Å². The van der Waals surface area contributed by atoms with Gasteiger partial charge in [-0.3, -0.25) is 4.79 Å². The maximum Gasteiger partial charge on any atom is 0.251 e. The van der Waals surface area contributed by atoms with Crippen molar-refractivity contribution in [2.45, 2.75) is 51.1 Å². The molecule has 2 aromatic rings. The molecule has 0 saturated heterocycles. The summed E-state index contributed by atoms with van der Waals surface area (Å²) in [6.07, 6.45) is 7.55. The summed E-state index contributed by atoms with van der Waals surface area (Å²) < 4.78 is 0. The van der Waals surface area contributed by atoms with E-state index in [4.69, 9.17) is 0 Å². The van der Waals surface area contributed by atoms with Crippen LogP contribution in [0.4, 0.5) is 5.69 Å². The molecule has 2 saturated carbocycles. The molecule has 2 aliphatic carbocycles. The Bertz CT molecular complexity index is 829. The summed E-state index contributed by atoms with van der Waals surface area (Å²) in [5, 5.41) is 3.29. The van der Waals surface area contributed by atoms with Crippen molar-refractivity contribution < 1.29 is 4.79 Å². The third-order valence-electron chi connectivity index (χ3n) is 6.85. The van der Waals surface area contributed by atoms with Crippen LogP contribution in [0.5, 0.6) is 0 Å². The summed E-state index contributed by atoms with van der Waals surface area (Å²) in [7, 11) is 0. The molecule has 2 aromatic carbocycles. The zero-order valence-electron chi connectivity index (χ0n) is 15.9. The maximum atomic E-state index is 12.6. The molecule has 2 bridgehead atoms. The molecule has 1 amide bonds. The highest BCUT2D eigenvalue weighted by atomic mass is 16.1.